The van der Waals surface area contributed by atoms with Crippen molar-refractivity contribution in [2.24, 2.45) is 10.1 Å². The Kier molecular flexibility index (Phi) is 30.8. The number of unbranched alkanes of at least 4 members (excludes halogenated alkanes) is 3. The number of esters is 1. The molecule has 0 aliphatic carbocycles. The van der Waals surface area contributed by atoms with Gasteiger partial charge in [-0.15, -0.1) is 0 Å². The van der Waals surface area contributed by atoms with Gasteiger partial charge in [-0.3, -0.25) is 24.0 Å². The van der Waals surface area contributed by atoms with Crippen molar-refractivity contribution in [2.45, 2.75) is 83.1 Å². The van der Waals surface area contributed by atoms with Gasteiger partial charge in [-0.1, -0.05) is 0 Å². The molecule has 0 bridgehead atoms. The molecule has 1 aromatic carbocycles. The highest BCUT2D eigenvalue weighted by atomic mass is 19.2. The van der Waals surface area contributed by atoms with E-state index in [-0.39, 0.29) is 83.5 Å². The van der Waals surface area contributed by atoms with Crippen LogP contribution in [0, 0.1) is 34.6 Å². The summed E-state index contributed by atoms with van der Waals surface area (Å²) in [4.78, 5) is 68.1. The molecule has 4 amide bonds. The molecule has 61 heavy (non-hydrogen) atoms. The van der Waals surface area contributed by atoms with Crippen LogP contribution in [-0.2, 0) is 42.9 Å². The van der Waals surface area contributed by atoms with E-state index in [1.165, 1.54) is 0 Å². The Morgan fingerprint density at radius 1 is 0.574 bits per heavy atom. The second-order valence-electron chi connectivity index (χ2n) is 13.1. The minimum atomic E-state index is -2.37. The maximum Gasteiger partial charge on any atom is 0.313 e. The summed E-state index contributed by atoms with van der Waals surface area (Å²) in [6.07, 6.45) is 4.84. The zero-order valence-electron chi connectivity index (χ0n) is 34.3. The number of nitrogens with one attached hydrogen (secondary N) is 5. The molecule has 18 nitrogen and oxygen atoms in total. The van der Waals surface area contributed by atoms with E-state index in [0.29, 0.717) is 84.0 Å². The second kappa shape index (κ2) is 34.7. The number of aliphatic imine (C=N–C) groups is 1. The van der Waals surface area contributed by atoms with E-state index in [1.54, 1.807) is 0 Å². The van der Waals surface area contributed by atoms with Crippen molar-refractivity contribution in [2.75, 3.05) is 85.6 Å². The maximum atomic E-state index is 13.6. The van der Waals surface area contributed by atoms with Gasteiger partial charge in [0, 0.05) is 45.4 Å². The molecule has 23 heteroatoms. The molecular formula is C38H58F5N8O10+. The fourth-order valence-corrected chi connectivity index (χ4v) is 5.04. The zero-order valence-corrected chi connectivity index (χ0v) is 34.3. The number of ether oxygens (including phenoxy) is 5. The van der Waals surface area contributed by atoms with Gasteiger partial charge in [0.25, 0.3) is 0 Å². The number of carbonyl (C=O) groups excluding carboxylic acids is 5. The smallest absolute Gasteiger partial charge is 0.313 e. The highest BCUT2D eigenvalue weighted by molar-refractivity contribution is 5.87. The van der Waals surface area contributed by atoms with Crippen LogP contribution in [0.15, 0.2) is 10.1 Å². The third-order valence-corrected chi connectivity index (χ3v) is 8.25. The van der Waals surface area contributed by atoms with Crippen LogP contribution in [-0.4, -0.2) is 128 Å². The number of carbonyl (C=O) groups is 5. The van der Waals surface area contributed by atoms with Crippen molar-refractivity contribution in [3.8, 4) is 5.75 Å². The van der Waals surface area contributed by atoms with Gasteiger partial charge in [-0.05, 0) is 58.1 Å². The van der Waals surface area contributed by atoms with Gasteiger partial charge in [-0.2, -0.15) is 8.78 Å². The summed E-state index contributed by atoms with van der Waals surface area (Å²) < 4.78 is 92.4. The molecule has 344 valence electrons. The molecule has 0 saturated carbocycles. The number of nitrogens with zero attached hydrogens (tertiary/aromatic N) is 3. The Bertz CT molecular complexity index is 1530. The zero-order chi connectivity index (χ0) is 45.1. The Morgan fingerprint density at radius 3 is 1.66 bits per heavy atom. The first-order chi connectivity index (χ1) is 29.4. The van der Waals surface area contributed by atoms with Crippen LogP contribution >= 0.6 is 0 Å². The molecule has 0 radical (unpaired) electrons. The molecule has 0 aliphatic rings. The highest BCUT2D eigenvalue weighted by Gasteiger charge is 2.28. The summed E-state index contributed by atoms with van der Waals surface area (Å²) in [7, 11) is 0. The largest absolute Gasteiger partial charge is 0.420 e. The third-order valence-electron chi connectivity index (χ3n) is 8.25. The average Bonchev–Trinajstić information content (AvgIpc) is 3.24. The van der Waals surface area contributed by atoms with Crippen LogP contribution in [0.25, 0.3) is 0 Å². The van der Waals surface area contributed by atoms with Gasteiger partial charge in [0.05, 0.1) is 59.3 Å². The number of halogens is 5. The van der Waals surface area contributed by atoms with Crippen LogP contribution in [0.1, 0.15) is 77.0 Å². The van der Waals surface area contributed by atoms with Gasteiger partial charge < -0.3 is 49.9 Å². The molecule has 0 fully saturated rings. The SMILES string of the molecule is C=NCCCCC(=O)NCCCC(=O)N[C@@H](CCCCNC(=O)CCCCN=[N+]=N)C(=O)NCCOCCOCCOCCOCCC(=O)Oc1c(F)c(F)c(F)c(F)c1F. The van der Waals surface area contributed by atoms with E-state index >= 15 is 0 Å². The first-order valence-electron chi connectivity index (χ1n) is 20.0. The lowest BCUT2D eigenvalue weighted by atomic mass is 10.1. The van der Waals surface area contributed by atoms with E-state index in [4.69, 9.17) is 24.5 Å². The van der Waals surface area contributed by atoms with Gasteiger partial charge >= 0.3 is 5.97 Å². The van der Waals surface area contributed by atoms with Crippen LogP contribution < -0.4 is 30.9 Å². The molecule has 0 heterocycles. The minimum absolute atomic E-state index is 0.0211. The standard InChI is InChI=1S/C38H57F5N8O10/c1-45-14-5-3-10-29(53)47-16-8-12-30(54)50-27(9-2-6-15-46-28(52)11-4-7-17-49-51-44)38(56)48-18-20-58-22-24-60-26-25-59-23-21-57-19-13-31(55)61-37-35(42)33(40)32(39)34(41)36(37)43/h27,44H,1-26H2,(H3-,46,47,48,50,52,53,54,56)/p+1/t27-/m0/s1. The lowest BCUT2D eigenvalue weighted by molar-refractivity contribution is -0.136. The molecule has 0 unspecified atom stereocenters. The van der Waals surface area contributed by atoms with Gasteiger partial charge in [-0.25, -0.2) is 13.2 Å². The summed E-state index contributed by atoms with van der Waals surface area (Å²) in [5.74, 6) is -15.3. The average molecular weight is 882 g/mol. The Morgan fingerprint density at radius 2 is 1.08 bits per heavy atom. The topological polar surface area (TPSA) is 242 Å². The first kappa shape index (κ1) is 54.1. The van der Waals surface area contributed by atoms with Crippen molar-refractivity contribution in [1.82, 2.24) is 26.2 Å². The molecule has 0 aromatic heterocycles. The minimum Gasteiger partial charge on any atom is -0.420 e. The van der Waals surface area contributed by atoms with E-state index in [1.807, 2.05) is 0 Å². The lowest BCUT2D eigenvalue weighted by Gasteiger charge is -2.19. The lowest BCUT2D eigenvalue weighted by Crippen LogP contribution is -2.47. The summed E-state index contributed by atoms with van der Waals surface area (Å²) >= 11 is 0. The van der Waals surface area contributed by atoms with Gasteiger partial charge in [0.1, 0.15) is 23.2 Å². The molecule has 5 N–H and O–H groups in total. The highest BCUT2D eigenvalue weighted by Crippen LogP contribution is 2.29. The monoisotopic (exact) mass is 881 g/mol. The van der Waals surface area contributed by atoms with Crippen molar-refractivity contribution in [3.05, 3.63) is 29.1 Å². The quantitative estimate of drug-likeness (QED) is 0.00753. The van der Waals surface area contributed by atoms with Crippen LogP contribution in [0.5, 0.6) is 5.75 Å². The van der Waals surface area contributed by atoms with Crippen molar-refractivity contribution in [3.63, 3.8) is 0 Å². The van der Waals surface area contributed by atoms with Gasteiger partial charge in [0.2, 0.25) is 63.4 Å². The fourth-order valence-electron chi connectivity index (χ4n) is 5.04. The molecule has 0 spiro atoms. The molecule has 0 saturated heterocycles. The molecule has 1 rings (SSSR count). The van der Waals surface area contributed by atoms with E-state index in [0.717, 1.165) is 6.42 Å². The number of rotatable bonds is 37. The number of benzene rings is 1. The van der Waals surface area contributed by atoms with Crippen LogP contribution in [0.2, 0.25) is 0 Å². The normalized spacial score (nSPS) is 11.3. The predicted molar refractivity (Wildman–Crippen MR) is 208 cm³/mol. The molecule has 1 aromatic rings. The summed E-state index contributed by atoms with van der Waals surface area (Å²) in [5.41, 5.74) is 6.63. The maximum absolute atomic E-state index is 13.6. The van der Waals surface area contributed by atoms with E-state index in [9.17, 15) is 45.9 Å². The van der Waals surface area contributed by atoms with Crippen molar-refractivity contribution in [1.29, 1.82) is 5.53 Å². The van der Waals surface area contributed by atoms with Crippen LogP contribution in [0.3, 0.4) is 0 Å². The summed E-state index contributed by atoms with van der Waals surface area (Å²) in [6, 6.07) is -0.823. The van der Waals surface area contributed by atoms with Crippen molar-refractivity contribution < 1.29 is 69.6 Å². The number of amides is 4. The Labute approximate surface area is 351 Å². The predicted octanol–water partition coefficient (Wildman–Crippen LogP) is 3.12. The third kappa shape index (κ3) is 26.1. The summed E-state index contributed by atoms with van der Waals surface area (Å²) in [5, 5.41) is 14.7. The van der Waals surface area contributed by atoms with Gasteiger partial charge in [0.15, 0.2) is 0 Å². The molecule has 1 atom stereocenters. The Hall–Kier alpha value is -4.96. The summed E-state index contributed by atoms with van der Waals surface area (Å²) in [6.45, 7) is 6.13. The Balaban J connectivity index is 2.27. The van der Waals surface area contributed by atoms with Crippen LogP contribution in [0.4, 0.5) is 22.0 Å². The second-order valence-corrected chi connectivity index (χ2v) is 13.1. The first-order valence-corrected chi connectivity index (χ1v) is 20.0. The number of hydrogen-bond acceptors (Lipinski definition) is 13. The van der Waals surface area contributed by atoms with Crippen molar-refractivity contribution >= 4 is 36.3 Å². The van der Waals surface area contributed by atoms with E-state index < -0.39 is 59.2 Å². The molecule has 0 aliphatic heterocycles. The van der Waals surface area contributed by atoms with E-state index in [2.05, 4.69) is 47.7 Å². The number of hydrogen-bond donors (Lipinski definition) is 5. The molecular weight excluding hydrogens is 823 g/mol. The fraction of sp³-hybridized carbons (Fsp3) is 0.684.